The Morgan fingerprint density at radius 3 is 2.07 bits per heavy atom. The second kappa shape index (κ2) is 3.56. The van der Waals surface area contributed by atoms with Crippen LogP contribution in [0.4, 0.5) is 13.2 Å². The molecule has 82 valence electrons. The lowest BCUT2D eigenvalue weighted by Crippen LogP contribution is -2.45. The summed E-state index contributed by atoms with van der Waals surface area (Å²) in [5.41, 5.74) is -3.59. The number of alkyl halides is 3. The molecule has 1 N–H and O–H groups in total. The first-order valence-corrected chi connectivity index (χ1v) is 4.16. The number of hydrogen-bond acceptors (Lipinski definition) is 1. The molecule has 1 unspecified atom stereocenters. The van der Waals surface area contributed by atoms with Crippen LogP contribution in [0, 0.1) is 0 Å². The van der Waals surface area contributed by atoms with Crippen LogP contribution in [-0.4, -0.2) is 17.0 Å². The lowest BCUT2D eigenvalue weighted by Gasteiger charge is -2.26. The summed E-state index contributed by atoms with van der Waals surface area (Å²) in [7, 11) is 0. The van der Waals surface area contributed by atoms with Gasteiger partial charge in [-0.2, -0.15) is 8.78 Å². The van der Waals surface area contributed by atoms with Gasteiger partial charge in [0.05, 0.1) is 0 Å². The van der Waals surface area contributed by atoms with Crippen LogP contribution in [0.1, 0.15) is 12.5 Å². The van der Waals surface area contributed by atoms with E-state index in [-0.39, 0.29) is 5.56 Å². The van der Waals surface area contributed by atoms with Crippen molar-refractivity contribution >= 4 is 5.97 Å². The number of rotatable bonds is 3. The van der Waals surface area contributed by atoms with Crippen molar-refractivity contribution in [1.29, 1.82) is 0 Å². The Morgan fingerprint density at radius 1 is 1.20 bits per heavy atom. The highest BCUT2D eigenvalue weighted by Crippen LogP contribution is 2.41. The van der Waals surface area contributed by atoms with E-state index in [0.29, 0.717) is 6.92 Å². The molecule has 0 aliphatic rings. The highest BCUT2D eigenvalue weighted by atomic mass is 19.3. The van der Waals surface area contributed by atoms with E-state index in [0.717, 1.165) is 12.1 Å². The molecule has 2 nitrogen and oxygen atoms in total. The predicted molar refractivity (Wildman–Crippen MR) is 47.5 cm³/mol. The number of carboxylic acids is 1. The molecule has 1 aromatic carbocycles. The van der Waals surface area contributed by atoms with Crippen molar-refractivity contribution in [2.75, 3.05) is 0 Å². The third-order valence-electron chi connectivity index (χ3n) is 2.17. The van der Waals surface area contributed by atoms with E-state index in [2.05, 4.69) is 0 Å². The van der Waals surface area contributed by atoms with Gasteiger partial charge in [-0.1, -0.05) is 30.3 Å². The van der Waals surface area contributed by atoms with Gasteiger partial charge in [0.2, 0.25) is 5.67 Å². The number of aliphatic carboxylic acids is 1. The van der Waals surface area contributed by atoms with Crippen molar-refractivity contribution in [3.05, 3.63) is 35.9 Å². The molecule has 1 atom stereocenters. The quantitative estimate of drug-likeness (QED) is 0.846. The van der Waals surface area contributed by atoms with Crippen LogP contribution in [0.15, 0.2) is 30.3 Å². The summed E-state index contributed by atoms with van der Waals surface area (Å²) in [6.07, 6.45) is 0. The molecule has 0 bridgehead atoms. The van der Waals surface area contributed by atoms with Gasteiger partial charge in [-0.3, -0.25) is 0 Å². The first kappa shape index (κ1) is 11.6. The fourth-order valence-corrected chi connectivity index (χ4v) is 1.13. The van der Waals surface area contributed by atoms with Crippen LogP contribution in [0.2, 0.25) is 0 Å². The maximum Gasteiger partial charge on any atom is 0.379 e. The van der Waals surface area contributed by atoms with Crippen LogP contribution in [0.3, 0.4) is 0 Å². The summed E-state index contributed by atoms with van der Waals surface area (Å²) in [5.74, 6) is -6.93. The van der Waals surface area contributed by atoms with E-state index in [4.69, 9.17) is 5.11 Å². The number of halogens is 3. The lowest BCUT2D eigenvalue weighted by molar-refractivity contribution is -0.190. The zero-order valence-electron chi connectivity index (χ0n) is 7.88. The molecule has 0 spiro atoms. The molecule has 0 fully saturated rings. The summed E-state index contributed by atoms with van der Waals surface area (Å²) < 4.78 is 39.8. The Labute approximate surface area is 84.3 Å². The third-order valence-corrected chi connectivity index (χ3v) is 2.17. The highest BCUT2D eigenvalue weighted by molar-refractivity contribution is 5.77. The molecule has 15 heavy (non-hydrogen) atoms. The highest BCUT2D eigenvalue weighted by Gasteiger charge is 2.58. The molecule has 0 radical (unpaired) electrons. The molecule has 0 aromatic heterocycles. The molecule has 1 aromatic rings. The van der Waals surface area contributed by atoms with Gasteiger partial charge in [0.15, 0.2) is 0 Å². The molecule has 5 heteroatoms. The van der Waals surface area contributed by atoms with Crippen molar-refractivity contribution in [1.82, 2.24) is 0 Å². The minimum atomic E-state index is -4.45. The number of carbonyl (C=O) groups is 1. The molecular formula is C10H9F3O2. The molecule has 0 saturated carbocycles. The van der Waals surface area contributed by atoms with Gasteiger partial charge in [-0.25, -0.2) is 9.18 Å². The second-order valence-corrected chi connectivity index (χ2v) is 3.25. The molecule has 0 amide bonds. The van der Waals surface area contributed by atoms with Gasteiger partial charge < -0.3 is 5.11 Å². The van der Waals surface area contributed by atoms with Gasteiger partial charge in [-0.05, 0) is 12.5 Å². The van der Waals surface area contributed by atoms with Crippen LogP contribution < -0.4 is 0 Å². The van der Waals surface area contributed by atoms with Crippen molar-refractivity contribution in [3.63, 3.8) is 0 Å². The second-order valence-electron chi connectivity index (χ2n) is 3.25. The number of benzene rings is 1. The smallest absolute Gasteiger partial charge is 0.379 e. The van der Waals surface area contributed by atoms with Crippen molar-refractivity contribution in [3.8, 4) is 0 Å². The molecule has 1 rings (SSSR count). The van der Waals surface area contributed by atoms with Crippen LogP contribution in [0.25, 0.3) is 0 Å². The normalized spacial score (nSPS) is 15.7. The molecule has 0 heterocycles. The Morgan fingerprint density at radius 2 is 1.67 bits per heavy atom. The van der Waals surface area contributed by atoms with E-state index in [9.17, 15) is 18.0 Å². The average molecular weight is 218 g/mol. The number of hydrogen-bond donors (Lipinski definition) is 1. The van der Waals surface area contributed by atoms with Gasteiger partial charge >= 0.3 is 11.9 Å². The monoisotopic (exact) mass is 218 g/mol. The Balaban J connectivity index is 3.19. The van der Waals surface area contributed by atoms with Crippen molar-refractivity contribution in [2.45, 2.75) is 18.5 Å². The van der Waals surface area contributed by atoms with Crippen LogP contribution >= 0.6 is 0 Å². The Bertz CT molecular complexity index is 360. The summed E-state index contributed by atoms with van der Waals surface area (Å²) in [4.78, 5) is 10.3. The Kier molecular flexibility index (Phi) is 2.75. The first-order chi connectivity index (χ1) is 6.80. The van der Waals surface area contributed by atoms with Crippen LogP contribution in [0.5, 0.6) is 0 Å². The fourth-order valence-electron chi connectivity index (χ4n) is 1.13. The third kappa shape index (κ3) is 1.82. The van der Waals surface area contributed by atoms with Gasteiger partial charge in [0.1, 0.15) is 0 Å². The van der Waals surface area contributed by atoms with E-state index in [1.54, 1.807) is 0 Å². The van der Waals surface area contributed by atoms with E-state index in [1.165, 1.54) is 18.2 Å². The maximum atomic E-state index is 13.7. The maximum absolute atomic E-state index is 13.7. The van der Waals surface area contributed by atoms with E-state index < -0.39 is 17.6 Å². The first-order valence-electron chi connectivity index (χ1n) is 4.16. The molecular weight excluding hydrogens is 209 g/mol. The van der Waals surface area contributed by atoms with E-state index in [1.807, 2.05) is 0 Å². The summed E-state index contributed by atoms with van der Waals surface area (Å²) in [5, 5.41) is 8.25. The summed E-state index contributed by atoms with van der Waals surface area (Å²) >= 11 is 0. The van der Waals surface area contributed by atoms with Crippen molar-refractivity contribution in [2.24, 2.45) is 0 Å². The minimum absolute atomic E-state index is 0.364. The Hall–Kier alpha value is -1.52. The predicted octanol–water partition coefficient (Wildman–Crippen LogP) is 2.59. The molecule has 0 saturated heterocycles. The minimum Gasteiger partial charge on any atom is -0.477 e. The van der Waals surface area contributed by atoms with Gasteiger partial charge in [0.25, 0.3) is 0 Å². The lowest BCUT2D eigenvalue weighted by atomic mass is 9.91. The zero-order valence-corrected chi connectivity index (χ0v) is 7.88. The summed E-state index contributed by atoms with van der Waals surface area (Å²) in [6, 6.07) is 6.50. The summed E-state index contributed by atoms with van der Waals surface area (Å²) in [6.45, 7) is 0.552. The van der Waals surface area contributed by atoms with Gasteiger partial charge in [0, 0.05) is 0 Å². The van der Waals surface area contributed by atoms with Crippen LogP contribution in [-0.2, 0) is 10.5 Å². The standard InChI is InChI=1S/C10H9F3O2/c1-9(11,10(12,13)8(14)15)7-5-3-2-4-6-7/h2-6H,1H3,(H,14,15). The average Bonchev–Trinajstić information content (AvgIpc) is 2.18. The number of carboxylic acid groups (broad SMARTS) is 1. The molecule has 0 aliphatic heterocycles. The topological polar surface area (TPSA) is 37.3 Å². The largest absolute Gasteiger partial charge is 0.477 e. The fraction of sp³-hybridized carbons (Fsp3) is 0.300. The SMILES string of the molecule is CC(F)(c1ccccc1)C(F)(F)C(=O)O. The zero-order chi connectivity index (χ0) is 11.7. The van der Waals surface area contributed by atoms with E-state index >= 15 is 0 Å². The van der Waals surface area contributed by atoms with Crippen molar-refractivity contribution < 1.29 is 23.1 Å². The molecule has 0 aliphatic carbocycles. The van der Waals surface area contributed by atoms with Gasteiger partial charge in [-0.15, -0.1) is 0 Å².